The average molecular weight is 420 g/mol. The van der Waals surface area contributed by atoms with Crippen molar-refractivity contribution < 1.29 is 14.1 Å². The summed E-state index contributed by atoms with van der Waals surface area (Å²) in [6.07, 6.45) is 0. The molecule has 0 atom stereocenters. The Morgan fingerprint density at radius 2 is 1.83 bits per heavy atom. The smallest absolute Gasteiger partial charge is 0.264 e. The number of rotatable bonds is 6. The lowest BCUT2D eigenvalue weighted by Gasteiger charge is -2.12. The van der Waals surface area contributed by atoms with Crippen molar-refractivity contribution in [1.82, 2.24) is 10.1 Å². The van der Waals surface area contributed by atoms with Crippen LogP contribution in [0.5, 0.6) is 5.75 Å². The summed E-state index contributed by atoms with van der Waals surface area (Å²) in [5.74, 6) is 0.909. The highest BCUT2D eigenvalue weighted by Gasteiger charge is 2.15. The minimum absolute atomic E-state index is 0.0420. The standard InChI is InChI=1S/C23H18ClN3O3/c1-15-11-12-17(24)13-19(15)25-23(28)18-9-5-6-10-20(18)29-14-21-26-22(27-30-21)16-7-3-2-4-8-16/h2-13H,14H2,1H3,(H,25,28). The van der Waals surface area contributed by atoms with Crippen LogP contribution < -0.4 is 10.1 Å². The molecule has 4 rings (SSSR count). The van der Waals surface area contributed by atoms with Crippen LogP contribution in [-0.4, -0.2) is 16.0 Å². The van der Waals surface area contributed by atoms with E-state index in [9.17, 15) is 4.79 Å². The van der Waals surface area contributed by atoms with Crippen LogP contribution in [0.2, 0.25) is 5.02 Å². The number of anilines is 1. The van der Waals surface area contributed by atoms with Gasteiger partial charge in [-0.25, -0.2) is 0 Å². The van der Waals surface area contributed by atoms with Gasteiger partial charge < -0.3 is 14.6 Å². The lowest BCUT2D eigenvalue weighted by molar-refractivity contribution is 0.102. The van der Waals surface area contributed by atoms with E-state index in [-0.39, 0.29) is 12.5 Å². The molecule has 0 radical (unpaired) electrons. The first kappa shape index (κ1) is 19.7. The molecule has 0 spiro atoms. The number of carbonyl (C=O) groups is 1. The van der Waals surface area contributed by atoms with Gasteiger partial charge in [-0.3, -0.25) is 4.79 Å². The third kappa shape index (κ3) is 4.50. The fraction of sp³-hybridized carbons (Fsp3) is 0.0870. The molecular weight excluding hydrogens is 402 g/mol. The second-order valence-electron chi connectivity index (χ2n) is 6.58. The first-order chi connectivity index (χ1) is 14.6. The van der Waals surface area contributed by atoms with Crippen molar-refractivity contribution in [3.05, 3.63) is 94.8 Å². The van der Waals surface area contributed by atoms with E-state index in [1.165, 1.54) is 0 Å². The molecule has 0 fully saturated rings. The summed E-state index contributed by atoms with van der Waals surface area (Å²) in [5.41, 5.74) is 2.79. The Morgan fingerprint density at radius 1 is 1.07 bits per heavy atom. The Kier molecular flexibility index (Phi) is 5.77. The largest absolute Gasteiger partial charge is 0.483 e. The molecule has 0 aliphatic heterocycles. The van der Waals surface area contributed by atoms with Crippen molar-refractivity contribution in [1.29, 1.82) is 0 Å². The van der Waals surface area contributed by atoms with E-state index in [2.05, 4.69) is 15.5 Å². The van der Waals surface area contributed by atoms with Crippen molar-refractivity contribution in [2.24, 2.45) is 0 Å². The van der Waals surface area contributed by atoms with Gasteiger partial charge in [-0.1, -0.05) is 65.3 Å². The number of nitrogens with one attached hydrogen (secondary N) is 1. The number of aromatic nitrogens is 2. The number of ether oxygens (including phenoxy) is 1. The van der Waals surface area contributed by atoms with Gasteiger partial charge in [0.2, 0.25) is 5.82 Å². The number of hydrogen-bond donors (Lipinski definition) is 1. The average Bonchev–Trinajstić information content (AvgIpc) is 3.25. The lowest BCUT2D eigenvalue weighted by Crippen LogP contribution is -2.14. The molecule has 1 heterocycles. The zero-order valence-electron chi connectivity index (χ0n) is 16.1. The summed E-state index contributed by atoms with van der Waals surface area (Å²) in [5, 5.41) is 7.40. The highest BCUT2D eigenvalue weighted by Crippen LogP contribution is 2.24. The van der Waals surface area contributed by atoms with Gasteiger partial charge in [0.1, 0.15) is 5.75 Å². The molecule has 0 saturated heterocycles. The third-order valence-electron chi connectivity index (χ3n) is 4.43. The van der Waals surface area contributed by atoms with Crippen LogP contribution in [-0.2, 0) is 6.61 Å². The van der Waals surface area contributed by atoms with Crippen LogP contribution in [0, 0.1) is 6.92 Å². The molecule has 1 N–H and O–H groups in total. The molecular formula is C23H18ClN3O3. The minimum Gasteiger partial charge on any atom is -0.483 e. The minimum atomic E-state index is -0.300. The molecule has 6 nitrogen and oxygen atoms in total. The van der Waals surface area contributed by atoms with Gasteiger partial charge >= 0.3 is 0 Å². The van der Waals surface area contributed by atoms with Gasteiger partial charge in [0.15, 0.2) is 6.61 Å². The summed E-state index contributed by atoms with van der Waals surface area (Å²) >= 11 is 6.04. The van der Waals surface area contributed by atoms with E-state index in [1.807, 2.05) is 43.3 Å². The Morgan fingerprint density at radius 3 is 2.67 bits per heavy atom. The molecule has 1 amide bonds. The molecule has 0 aliphatic rings. The van der Waals surface area contributed by atoms with Crippen molar-refractivity contribution in [2.45, 2.75) is 13.5 Å². The second-order valence-corrected chi connectivity index (χ2v) is 7.01. The first-order valence-electron chi connectivity index (χ1n) is 9.27. The van der Waals surface area contributed by atoms with Crippen LogP contribution in [0.15, 0.2) is 77.3 Å². The Labute approximate surface area is 178 Å². The molecule has 150 valence electrons. The van der Waals surface area contributed by atoms with Crippen molar-refractivity contribution in [2.75, 3.05) is 5.32 Å². The predicted octanol–water partition coefficient (Wildman–Crippen LogP) is 5.53. The number of amides is 1. The number of aryl methyl sites for hydroxylation is 1. The van der Waals surface area contributed by atoms with Crippen molar-refractivity contribution in [3.8, 4) is 17.1 Å². The van der Waals surface area contributed by atoms with E-state index < -0.39 is 0 Å². The summed E-state index contributed by atoms with van der Waals surface area (Å²) in [4.78, 5) is 17.2. The molecule has 4 aromatic rings. The summed E-state index contributed by atoms with van der Waals surface area (Å²) in [6, 6.07) is 21.8. The van der Waals surface area contributed by atoms with Crippen LogP contribution in [0.1, 0.15) is 21.8 Å². The van der Waals surface area contributed by atoms with E-state index in [0.717, 1.165) is 11.1 Å². The maximum Gasteiger partial charge on any atom is 0.264 e. The van der Waals surface area contributed by atoms with Gasteiger partial charge in [-0.15, -0.1) is 0 Å². The van der Waals surface area contributed by atoms with E-state index in [0.29, 0.717) is 33.7 Å². The number of benzene rings is 3. The normalized spacial score (nSPS) is 10.6. The summed E-state index contributed by atoms with van der Waals surface area (Å²) < 4.78 is 11.1. The quantitative estimate of drug-likeness (QED) is 0.444. The predicted molar refractivity (Wildman–Crippen MR) is 115 cm³/mol. The molecule has 7 heteroatoms. The van der Waals surface area contributed by atoms with Crippen LogP contribution in [0.25, 0.3) is 11.4 Å². The molecule has 0 aliphatic carbocycles. The topological polar surface area (TPSA) is 77.2 Å². The molecule has 0 unspecified atom stereocenters. The zero-order valence-corrected chi connectivity index (χ0v) is 16.9. The van der Waals surface area contributed by atoms with Crippen LogP contribution in [0.3, 0.4) is 0 Å². The molecule has 0 saturated carbocycles. The van der Waals surface area contributed by atoms with Crippen LogP contribution in [0.4, 0.5) is 5.69 Å². The fourth-order valence-electron chi connectivity index (χ4n) is 2.86. The number of nitrogens with zero attached hydrogens (tertiary/aromatic N) is 2. The Balaban J connectivity index is 1.48. The van der Waals surface area contributed by atoms with Crippen LogP contribution >= 0.6 is 11.6 Å². The Bertz CT molecular complexity index is 1180. The Hall–Kier alpha value is -3.64. The van der Waals surface area contributed by atoms with E-state index >= 15 is 0 Å². The van der Waals surface area contributed by atoms with Gasteiger partial charge in [0.05, 0.1) is 5.56 Å². The van der Waals surface area contributed by atoms with E-state index in [4.69, 9.17) is 20.9 Å². The molecule has 1 aromatic heterocycles. The van der Waals surface area contributed by atoms with Gasteiger partial charge in [0.25, 0.3) is 11.8 Å². The molecule has 0 bridgehead atoms. The highest BCUT2D eigenvalue weighted by atomic mass is 35.5. The summed E-state index contributed by atoms with van der Waals surface area (Å²) in [7, 11) is 0. The summed E-state index contributed by atoms with van der Waals surface area (Å²) in [6.45, 7) is 1.94. The third-order valence-corrected chi connectivity index (χ3v) is 4.67. The maximum absolute atomic E-state index is 12.8. The zero-order chi connectivity index (χ0) is 20.9. The fourth-order valence-corrected chi connectivity index (χ4v) is 3.03. The van der Waals surface area contributed by atoms with Gasteiger partial charge in [0, 0.05) is 16.3 Å². The first-order valence-corrected chi connectivity index (χ1v) is 9.65. The van der Waals surface area contributed by atoms with Crippen molar-refractivity contribution in [3.63, 3.8) is 0 Å². The lowest BCUT2D eigenvalue weighted by atomic mass is 10.1. The number of halogens is 1. The number of para-hydroxylation sites is 1. The van der Waals surface area contributed by atoms with Gasteiger partial charge in [-0.2, -0.15) is 4.98 Å². The monoisotopic (exact) mass is 419 g/mol. The highest BCUT2D eigenvalue weighted by molar-refractivity contribution is 6.31. The molecule has 3 aromatic carbocycles. The second kappa shape index (κ2) is 8.80. The molecule has 30 heavy (non-hydrogen) atoms. The maximum atomic E-state index is 12.8. The number of carbonyl (C=O) groups excluding carboxylic acids is 1. The van der Waals surface area contributed by atoms with E-state index in [1.54, 1.807) is 36.4 Å². The van der Waals surface area contributed by atoms with Crippen molar-refractivity contribution >= 4 is 23.2 Å². The van der Waals surface area contributed by atoms with Gasteiger partial charge in [-0.05, 0) is 36.8 Å². The number of hydrogen-bond acceptors (Lipinski definition) is 5. The SMILES string of the molecule is Cc1ccc(Cl)cc1NC(=O)c1ccccc1OCc1nc(-c2ccccc2)no1.